The number of carbonyl (C=O) groups excluding carboxylic acids is 3. The Labute approximate surface area is 249 Å². The molecule has 1 heterocycles. The molecule has 6 aliphatic rings. The number of rotatable bonds is 6. The first kappa shape index (κ1) is 30.2. The van der Waals surface area contributed by atoms with E-state index < -0.39 is 53.5 Å². The summed E-state index contributed by atoms with van der Waals surface area (Å²) in [6.45, 7) is 9.77. The van der Waals surface area contributed by atoms with Gasteiger partial charge < -0.3 is 25.1 Å². The highest BCUT2D eigenvalue weighted by molar-refractivity contribution is 6.01. The van der Waals surface area contributed by atoms with Gasteiger partial charge in [-0.05, 0) is 67.9 Å². The largest absolute Gasteiger partial charge is 0.456 e. The predicted molar refractivity (Wildman–Crippen MR) is 156 cm³/mol. The van der Waals surface area contributed by atoms with Crippen LogP contribution in [0.15, 0.2) is 23.8 Å². The summed E-state index contributed by atoms with van der Waals surface area (Å²) in [6.07, 6.45) is 11.7. The van der Waals surface area contributed by atoms with Gasteiger partial charge in [0.15, 0.2) is 24.3 Å². The van der Waals surface area contributed by atoms with Gasteiger partial charge in [-0.2, -0.15) is 0 Å². The number of nitrogens with two attached hydrogens (primary N) is 1. The molecule has 5 fully saturated rings. The summed E-state index contributed by atoms with van der Waals surface area (Å²) in [4.78, 5) is 39.4. The van der Waals surface area contributed by atoms with Crippen molar-refractivity contribution in [3.8, 4) is 0 Å². The summed E-state index contributed by atoms with van der Waals surface area (Å²) in [5, 5.41) is 12.1. The Morgan fingerprint density at radius 1 is 1.17 bits per heavy atom. The Morgan fingerprint density at radius 2 is 1.88 bits per heavy atom. The van der Waals surface area contributed by atoms with Crippen LogP contribution in [0.2, 0.25) is 0 Å². The molecule has 3 N–H and O–H groups in total. The van der Waals surface area contributed by atoms with Crippen LogP contribution in [0.3, 0.4) is 0 Å². The van der Waals surface area contributed by atoms with Crippen LogP contribution in [0.1, 0.15) is 92.4 Å². The number of Topliss-reactive ketones (excluding diaryl/α,β-unsaturated/α-hetero) is 1. The highest BCUT2D eigenvalue weighted by Crippen LogP contribution is 2.74. The Bertz CT molecular complexity index is 1200. The van der Waals surface area contributed by atoms with E-state index in [9.17, 15) is 19.5 Å². The highest BCUT2D eigenvalue weighted by Gasteiger charge is 2.78. The molecule has 42 heavy (non-hydrogen) atoms. The van der Waals surface area contributed by atoms with E-state index in [2.05, 4.69) is 20.8 Å². The maximum atomic E-state index is 14.5. The van der Waals surface area contributed by atoms with Gasteiger partial charge in [-0.3, -0.25) is 14.4 Å². The lowest BCUT2D eigenvalue weighted by atomic mass is 9.40. The molecule has 5 aliphatic carbocycles. The zero-order valence-electron chi connectivity index (χ0n) is 25.9. The normalized spacial score (nSPS) is 45.5. The SMILES string of the molecule is CC(C)[C@@H](N)C(=O)OCC(=O)[C@@]12O[C@H](C3CCCCC3)O[C@@H]1C[C@H]1[C@]3(C)CCC4=CC(=O)C=C[C@]4(C)[C@H]3[C@@H](O)C[C@@]12C. The summed E-state index contributed by atoms with van der Waals surface area (Å²) in [5.41, 5.74) is 4.29. The molecule has 0 radical (unpaired) electrons. The number of ketones is 2. The standard InChI is InChI=1S/C34H49NO7/c1-19(2)27(35)29(39)40-18-25(38)34-26(41-30(42-34)20-9-7-6-8-10-20)16-24-32(4)13-11-21-15-22(36)12-14-31(21,3)28(32)23(37)17-33(24,34)5/h12,14-15,19-20,23-24,26-28,30,37H,6-11,13,16-18,35H2,1-5H3/t23-,24-,26+,27+,28+,30+,31-,32-,33-,34+/m0/s1. The fourth-order valence-electron chi connectivity index (χ4n) is 10.5. The van der Waals surface area contributed by atoms with Gasteiger partial charge in [0.05, 0.1) is 12.2 Å². The second-order valence-electron chi connectivity index (χ2n) is 15.2. The summed E-state index contributed by atoms with van der Waals surface area (Å²) in [7, 11) is 0. The van der Waals surface area contributed by atoms with E-state index in [-0.39, 0.29) is 40.7 Å². The number of hydrogen-bond donors (Lipinski definition) is 2. The van der Waals surface area contributed by atoms with Crippen LogP contribution in [-0.4, -0.2) is 59.4 Å². The average Bonchev–Trinajstić information content (AvgIpc) is 3.45. The summed E-state index contributed by atoms with van der Waals surface area (Å²) in [5.74, 6) is -0.871. The van der Waals surface area contributed by atoms with Crippen molar-refractivity contribution in [1.29, 1.82) is 0 Å². The second kappa shape index (κ2) is 10.4. The van der Waals surface area contributed by atoms with Crippen LogP contribution in [0, 0.1) is 39.9 Å². The first-order valence-corrected chi connectivity index (χ1v) is 16.2. The number of aliphatic hydroxyl groups is 1. The lowest BCUT2D eigenvalue weighted by Gasteiger charge is -2.65. The number of ether oxygens (including phenoxy) is 3. The van der Waals surface area contributed by atoms with Gasteiger partial charge in [0.25, 0.3) is 0 Å². The van der Waals surface area contributed by atoms with E-state index in [0.29, 0.717) is 12.8 Å². The molecule has 10 atom stereocenters. The minimum atomic E-state index is -1.33. The van der Waals surface area contributed by atoms with Gasteiger partial charge in [0.2, 0.25) is 5.78 Å². The third kappa shape index (κ3) is 4.18. The highest BCUT2D eigenvalue weighted by atomic mass is 16.7. The molecular formula is C34H49NO7. The molecule has 0 unspecified atom stereocenters. The molecule has 4 saturated carbocycles. The quantitative estimate of drug-likeness (QED) is 0.440. The topological polar surface area (TPSA) is 125 Å². The van der Waals surface area contributed by atoms with E-state index in [1.54, 1.807) is 12.2 Å². The van der Waals surface area contributed by atoms with Crippen molar-refractivity contribution in [2.45, 2.75) is 123 Å². The fourth-order valence-corrected chi connectivity index (χ4v) is 10.5. The summed E-state index contributed by atoms with van der Waals surface area (Å²) < 4.78 is 19.2. The number of carbonyl (C=O) groups is 3. The lowest BCUT2D eigenvalue weighted by molar-refractivity contribution is -0.227. The second-order valence-corrected chi connectivity index (χ2v) is 15.2. The smallest absolute Gasteiger partial charge is 0.323 e. The molecule has 1 saturated heterocycles. The Morgan fingerprint density at radius 3 is 2.57 bits per heavy atom. The maximum Gasteiger partial charge on any atom is 0.323 e. The van der Waals surface area contributed by atoms with Gasteiger partial charge in [0, 0.05) is 22.7 Å². The number of aliphatic hydroxyl groups excluding tert-OH is 1. The zero-order valence-corrected chi connectivity index (χ0v) is 25.9. The van der Waals surface area contributed by atoms with Crippen LogP contribution in [0.5, 0.6) is 0 Å². The summed E-state index contributed by atoms with van der Waals surface area (Å²) in [6, 6.07) is -0.814. The molecule has 0 aromatic heterocycles. The molecule has 8 heteroatoms. The minimum absolute atomic E-state index is 0.00319. The van der Waals surface area contributed by atoms with E-state index in [1.807, 2.05) is 19.9 Å². The molecule has 6 rings (SSSR count). The van der Waals surface area contributed by atoms with E-state index >= 15 is 0 Å². The molecule has 0 aromatic rings. The van der Waals surface area contributed by atoms with Crippen molar-refractivity contribution in [2.75, 3.05) is 6.61 Å². The minimum Gasteiger partial charge on any atom is -0.456 e. The first-order valence-electron chi connectivity index (χ1n) is 16.2. The van der Waals surface area contributed by atoms with Gasteiger partial charge in [-0.1, -0.05) is 65.5 Å². The Hall–Kier alpha value is -1.87. The third-order valence-corrected chi connectivity index (χ3v) is 12.6. The van der Waals surface area contributed by atoms with Crippen LogP contribution < -0.4 is 5.73 Å². The Balaban J connectivity index is 1.37. The maximum absolute atomic E-state index is 14.5. The van der Waals surface area contributed by atoms with Gasteiger partial charge in [0.1, 0.15) is 6.04 Å². The third-order valence-electron chi connectivity index (χ3n) is 12.6. The number of allylic oxidation sites excluding steroid dienone is 4. The van der Waals surface area contributed by atoms with Gasteiger partial charge in [-0.15, -0.1) is 0 Å². The molecule has 232 valence electrons. The van der Waals surface area contributed by atoms with Crippen molar-refractivity contribution in [2.24, 2.45) is 45.7 Å². The van der Waals surface area contributed by atoms with Crippen molar-refractivity contribution in [3.63, 3.8) is 0 Å². The molecule has 0 aromatic carbocycles. The van der Waals surface area contributed by atoms with Crippen LogP contribution >= 0.6 is 0 Å². The average molecular weight is 584 g/mol. The summed E-state index contributed by atoms with van der Waals surface area (Å²) >= 11 is 0. The van der Waals surface area contributed by atoms with Crippen LogP contribution in [0.25, 0.3) is 0 Å². The van der Waals surface area contributed by atoms with Gasteiger partial charge >= 0.3 is 5.97 Å². The number of fused-ring (bicyclic) bond motifs is 7. The number of esters is 1. The monoisotopic (exact) mass is 583 g/mol. The predicted octanol–water partition coefficient (Wildman–Crippen LogP) is 4.42. The van der Waals surface area contributed by atoms with Crippen LogP contribution in [-0.2, 0) is 28.6 Å². The molecular weight excluding hydrogens is 534 g/mol. The molecule has 0 amide bonds. The van der Waals surface area contributed by atoms with E-state index in [1.165, 1.54) is 6.42 Å². The molecule has 0 bridgehead atoms. The fraction of sp³-hybridized carbons (Fsp3) is 0.794. The van der Waals surface area contributed by atoms with Crippen molar-refractivity contribution >= 4 is 17.5 Å². The molecule has 1 aliphatic heterocycles. The first-order chi connectivity index (χ1) is 19.8. The number of hydrogen-bond acceptors (Lipinski definition) is 8. The van der Waals surface area contributed by atoms with Crippen molar-refractivity contribution < 1.29 is 33.7 Å². The van der Waals surface area contributed by atoms with Crippen molar-refractivity contribution in [1.82, 2.24) is 0 Å². The molecule has 8 nitrogen and oxygen atoms in total. The zero-order chi connectivity index (χ0) is 30.2. The van der Waals surface area contributed by atoms with Gasteiger partial charge in [-0.25, -0.2) is 0 Å². The lowest BCUT2D eigenvalue weighted by Crippen LogP contribution is -2.66. The van der Waals surface area contributed by atoms with Crippen molar-refractivity contribution in [3.05, 3.63) is 23.8 Å². The molecule has 0 spiro atoms. The van der Waals surface area contributed by atoms with E-state index in [4.69, 9.17) is 19.9 Å². The van der Waals surface area contributed by atoms with Crippen LogP contribution in [0.4, 0.5) is 0 Å². The van der Waals surface area contributed by atoms with E-state index in [0.717, 1.165) is 44.1 Å². The Kier molecular flexibility index (Phi) is 7.44.